The average Bonchev–Trinajstić information content (AvgIpc) is 3.62. The number of benzene rings is 2. The smallest absolute Gasteiger partial charge is 0.247 e. The Labute approximate surface area is 255 Å². The number of methoxy groups -OCH3 is 1. The number of Topliss-reactive ketones (excluding diaryl/α,β-unsaturated/α-hetero) is 1. The van der Waals surface area contributed by atoms with E-state index in [4.69, 9.17) is 9.47 Å². The summed E-state index contributed by atoms with van der Waals surface area (Å²) in [5.74, 6) is -0.728. The number of aromatic amines is 1. The van der Waals surface area contributed by atoms with Crippen molar-refractivity contribution in [2.45, 2.75) is 63.4 Å². The predicted molar refractivity (Wildman–Crippen MR) is 162 cm³/mol. The number of carbonyl (C=O) groups excluding carboxylic acids is 3. The van der Waals surface area contributed by atoms with Gasteiger partial charge in [-0.3, -0.25) is 9.59 Å². The normalized spacial score (nSPS) is 20.3. The van der Waals surface area contributed by atoms with Gasteiger partial charge in [-0.15, -0.1) is 0 Å². The van der Waals surface area contributed by atoms with E-state index in [9.17, 15) is 29.7 Å². The van der Waals surface area contributed by atoms with E-state index in [2.05, 4.69) is 10.3 Å². The van der Waals surface area contributed by atoms with E-state index >= 15 is 0 Å². The lowest BCUT2D eigenvalue weighted by Gasteiger charge is -2.40. The van der Waals surface area contributed by atoms with E-state index in [0.717, 1.165) is 16.6 Å². The third kappa shape index (κ3) is 6.35. The number of nitrogens with zero attached hydrogens (tertiary/aromatic N) is 1. The maximum atomic E-state index is 13.7. The van der Waals surface area contributed by atoms with Gasteiger partial charge in [-0.25, -0.2) is 0 Å². The summed E-state index contributed by atoms with van der Waals surface area (Å²) >= 11 is 0. The Morgan fingerprint density at radius 2 is 1.91 bits per heavy atom. The Balaban J connectivity index is 1.52. The van der Waals surface area contributed by atoms with Gasteiger partial charge in [0.25, 0.3) is 0 Å². The van der Waals surface area contributed by atoms with Gasteiger partial charge in [0, 0.05) is 54.7 Å². The number of amides is 2. The molecule has 0 saturated carbocycles. The number of hydrogen-bond acceptors (Lipinski definition) is 8. The number of para-hydroxylation sites is 1. The summed E-state index contributed by atoms with van der Waals surface area (Å²) in [7, 11) is 1.47. The van der Waals surface area contributed by atoms with E-state index in [1.165, 1.54) is 14.0 Å². The Hall–Kier alpha value is -4.19. The van der Waals surface area contributed by atoms with Crippen molar-refractivity contribution in [2.24, 2.45) is 0 Å². The van der Waals surface area contributed by atoms with Crippen molar-refractivity contribution in [1.82, 2.24) is 15.2 Å². The van der Waals surface area contributed by atoms with Crippen LogP contribution >= 0.6 is 0 Å². The second-order valence-corrected chi connectivity index (χ2v) is 11.3. The van der Waals surface area contributed by atoms with Crippen molar-refractivity contribution in [3.63, 3.8) is 0 Å². The highest BCUT2D eigenvalue weighted by molar-refractivity contribution is 5.96. The number of H-pyrrole nitrogens is 1. The molecule has 4 atom stereocenters. The van der Waals surface area contributed by atoms with E-state index < -0.39 is 30.1 Å². The van der Waals surface area contributed by atoms with E-state index in [1.807, 2.05) is 30.3 Å². The van der Waals surface area contributed by atoms with Gasteiger partial charge in [0.2, 0.25) is 11.8 Å². The highest BCUT2D eigenvalue weighted by Gasteiger charge is 2.51. The molecule has 2 heterocycles. The molecule has 5 rings (SSSR count). The fourth-order valence-electron chi connectivity index (χ4n) is 6.20. The van der Waals surface area contributed by atoms with Crippen molar-refractivity contribution >= 4 is 28.5 Å². The molecule has 1 aliphatic carbocycles. The number of hydrogen-bond donors (Lipinski definition) is 5. The van der Waals surface area contributed by atoms with Crippen molar-refractivity contribution in [3.8, 4) is 11.5 Å². The molecule has 0 saturated heterocycles. The summed E-state index contributed by atoms with van der Waals surface area (Å²) in [5.41, 5.74) is 3.29. The van der Waals surface area contributed by atoms with Crippen molar-refractivity contribution in [1.29, 1.82) is 0 Å². The molecule has 2 amide bonds. The number of aliphatic hydroxyl groups excluding tert-OH is 3. The molecule has 0 radical (unpaired) electrons. The van der Waals surface area contributed by atoms with Crippen LogP contribution in [0.4, 0.5) is 0 Å². The third-order valence-corrected chi connectivity index (χ3v) is 8.30. The first-order valence-electron chi connectivity index (χ1n) is 14.9. The molecule has 2 aromatic carbocycles. The summed E-state index contributed by atoms with van der Waals surface area (Å²) in [5, 5.41) is 34.8. The molecule has 0 bridgehead atoms. The predicted octanol–water partition coefficient (Wildman–Crippen LogP) is 2.12. The van der Waals surface area contributed by atoms with Crippen LogP contribution in [0.2, 0.25) is 0 Å². The number of nitrogens with one attached hydrogen (secondary N) is 2. The number of ketones is 1. The lowest BCUT2D eigenvalue weighted by molar-refractivity contribution is -0.137. The van der Waals surface area contributed by atoms with Crippen molar-refractivity contribution < 1.29 is 39.2 Å². The SMILES string of the molecule is COc1cc(CO)cc2c1OC1C2C(C(=O)NCCO)=CC(N(CCc2cc3ccccc3[nH]2)C(=O)CCCC(C)=O)C1O. The molecule has 5 N–H and O–H groups in total. The number of rotatable bonds is 13. The van der Waals surface area contributed by atoms with Crippen LogP contribution in [0.25, 0.3) is 10.9 Å². The minimum absolute atomic E-state index is 0.0148. The van der Waals surface area contributed by atoms with Crippen LogP contribution in [0.1, 0.15) is 48.9 Å². The number of aromatic nitrogens is 1. The number of fused-ring (bicyclic) bond motifs is 4. The molecule has 1 aromatic heterocycles. The first kappa shape index (κ1) is 31.2. The lowest BCUT2D eigenvalue weighted by Crippen LogP contribution is -2.56. The Kier molecular flexibility index (Phi) is 9.68. The van der Waals surface area contributed by atoms with E-state index in [0.29, 0.717) is 35.5 Å². The Morgan fingerprint density at radius 1 is 1.11 bits per heavy atom. The summed E-state index contributed by atoms with van der Waals surface area (Å²) in [6.45, 7) is 1.20. The Morgan fingerprint density at radius 3 is 2.61 bits per heavy atom. The van der Waals surface area contributed by atoms with Gasteiger partial charge < -0.3 is 44.8 Å². The average molecular weight is 606 g/mol. The first-order chi connectivity index (χ1) is 21.2. The van der Waals surface area contributed by atoms with E-state index in [-0.39, 0.29) is 56.4 Å². The second kappa shape index (κ2) is 13.6. The van der Waals surface area contributed by atoms with Gasteiger partial charge in [0.05, 0.1) is 32.3 Å². The zero-order valence-electron chi connectivity index (χ0n) is 24.9. The number of ether oxygens (including phenoxy) is 2. The van der Waals surface area contributed by atoms with Crippen LogP contribution in [0.3, 0.4) is 0 Å². The highest BCUT2D eigenvalue weighted by Crippen LogP contribution is 2.51. The van der Waals surface area contributed by atoms with Crippen molar-refractivity contribution in [2.75, 3.05) is 26.8 Å². The minimum atomic E-state index is -1.22. The summed E-state index contributed by atoms with van der Waals surface area (Å²) in [6, 6.07) is 12.3. The van der Waals surface area contributed by atoms with Gasteiger partial charge in [0.1, 0.15) is 18.0 Å². The molecular formula is C33H39N3O8. The van der Waals surface area contributed by atoms with Gasteiger partial charge in [-0.05, 0) is 54.6 Å². The first-order valence-corrected chi connectivity index (χ1v) is 14.9. The van der Waals surface area contributed by atoms with Gasteiger partial charge in [-0.1, -0.05) is 18.2 Å². The fraction of sp³-hybridized carbons (Fsp3) is 0.424. The monoisotopic (exact) mass is 605 g/mol. The molecule has 2 aliphatic rings. The molecular weight excluding hydrogens is 566 g/mol. The highest BCUT2D eigenvalue weighted by atomic mass is 16.5. The van der Waals surface area contributed by atoms with Crippen LogP contribution < -0.4 is 14.8 Å². The summed E-state index contributed by atoms with van der Waals surface area (Å²) in [6.07, 6.45) is 0.639. The topological polar surface area (TPSA) is 161 Å². The van der Waals surface area contributed by atoms with Gasteiger partial charge in [0.15, 0.2) is 11.5 Å². The molecule has 44 heavy (non-hydrogen) atoms. The number of carbonyl (C=O) groups is 3. The van der Waals surface area contributed by atoms with Crippen LogP contribution in [0, 0.1) is 0 Å². The standard InChI is InChI=1S/C33H39N3O8/c1-19(39)6-5-9-28(40)36(12-10-22-16-21-7-3-4-8-25(21)35-22)26-17-24(33(42)34-11-13-37)29-23-14-20(18-38)15-27(43-2)31(23)44-32(29)30(26)41/h3-4,7-8,14-17,26,29-30,32,35,37-38,41H,5-6,9-13,18H2,1-2H3,(H,34,42). The fourth-order valence-corrected chi connectivity index (χ4v) is 6.20. The van der Waals surface area contributed by atoms with Crippen LogP contribution in [0.15, 0.2) is 54.1 Å². The molecule has 1 aliphatic heterocycles. The molecule has 234 valence electrons. The third-order valence-electron chi connectivity index (χ3n) is 8.30. The van der Waals surface area contributed by atoms with Gasteiger partial charge in [-0.2, -0.15) is 0 Å². The molecule has 0 fully saturated rings. The minimum Gasteiger partial charge on any atom is -0.493 e. The molecule has 3 aromatic rings. The van der Waals surface area contributed by atoms with Crippen LogP contribution in [-0.2, 0) is 27.4 Å². The zero-order valence-corrected chi connectivity index (χ0v) is 24.9. The van der Waals surface area contributed by atoms with Gasteiger partial charge >= 0.3 is 0 Å². The molecule has 11 nitrogen and oxygen atoms in total. The lowest BCUT2D eigenvalue weighted by atomic mass is 9.77. The molecule has 11 heteroatoms. The zero-order chi connectivity index (χ0) is 31.4. The molecule has 4 unspecified atom stereocenters. The summed E-state index contributed by atoms with van der Waals surface area (Å²) in [4.78, 5) is 43.8. The quantitative estimate of drug-likeness (QED) is 0.198. The molecule has 0 spiro atoms. The van der Waals surface area contributed by atoms with Crippen LogP contribution in [-0.4, -0.2) is 87.9 Å². The number of aliphatic hydroxyl groups is 3. The second-order valence-electron chi connectivity index (χ2n) is 11.3. The van der Waals surface area contributed by atoms with Crippen molar-refractivity contribution in [3.05, 3.63) is 70.9 Å². The van der Waals surface area contributed by atoms with E-state index in [1.54, 1.807) is 23.1 Å². The Bertz CT molecular complexity index is 1530. The maximum absolute atomic E-state index is 13.7. The van der Waals surface area contributed by atoms with Crippen LogP contribution in [0.5, 0.6) is 11.5 Å². The largest absolute Gasteiger partial charge is 0.493 e. The maximum Gasteiger partial charge on any atom is 0.247 e. The summed E-state index contributed by atoms with van der Waals surface area (Å²) < 4.78 is 11.8.